The summed E-state index contributed by atoms with van der Waals surface area (Å²) in [6.07, 6.45) is -8.01. The van der Waals surface area contributed by atoms with Crippen LogP contribution >= 0.6 is 0 Å². The Morgan fingerprint density at radius 1 is 0.917 bits per heavy atom. The van der Waals surface area contributed by atoms with Crippen LogP contribution in [0.3, 0.4) is 0 Å². The van der Waals surface area contributed by atoms with Crippen LogP contribution in [-0.2, 0) is 42.5 Å². The van der Waals surface area contributed by atoms with Crippen molar-refractivity contribution < 1.29 is 62.9 Å². The standard InChI is InChI=1S/C44H84N2O13Si/c1-20-31-44(13,51)36(48)26(4)33(45-59-41(8,9)10)24(2)22-42(11,50)37(57-40-34(47)30(46(14)15)21-25(3)53-40)27(5)35(28(6)39(49)55-31)56-32-23-43(12,52-16)38(29(7)54-32)58-60(17,18)19/h24-32,34-38,40,47-48,50-51H,20-23H2,1-19H3/b45-33+/t24-,25-,26+,27+,28-,29+,30+,31-,32+,34-,35+,36-,37-,38+,40+,42-,43-,44-/m1/s1. The summed E-state index contributed by atoms with van der Waals surface area (Å²) in [7, 11) is 3.36. The van der Waals surface area contributed by atoms with Crippen LogP contribution in [0.1, 0.15) is 116 Å². The zero-order chi connectivity index (χ0) is 46.1. The van der Waals surface area contributed by atoms with Gasteiger partial charge in [0.2, 0.25) is 0 Å². The second kappa shape index (κ2) is 20.3. The zero-order valence-electron chi connectivity index (χ0n) is 40.3. The third-order valence-corrected chi connectivity index (χ3v) is 13.7. The van der Waals surface area contributed by atoms with Crippen molar-refractivity contribution in [3.8, 4) is 0 Å². The lowest BCUT2D eigenvalue weighted by Crippen LogP contribution is -2.62. The molecule has 0 amide bonds. The summed E-state index contributed by atoms with van der Waals surface area (Å²) in [6, 6.07) is -0.304. The molecule has 3 fully saturated rings. The molecule has 0 radical (unpaired) electrons. The monoisotopic (exact) mass is 877 g/mol. The first kappa shape index (κ1) is 53.1. The molecule has 4 N–H and O–H groups in total. The van der Waals surface area contributed by atoms with Crippen molar-refractivity contribution in [1.29, 1.82) is 0 Å². The molecular weight excluding hydrogens is 793 g/mol. The van der Waals surface area contributed by atoms with Crippen molar-refractivity contribution >= 4 is 20.0 Å². The van der Waals surface area contributed by atoms with Gasteiger partial charge in [-0.25, -0.2) is 0 Å². The van der Waals surface area contributed by atoms with Crippen molar-refractivity contribution in [3.05, 3.63) is 0 Å². The van der Waals surface area contributed by atoms with Gasteiger partial charge in [-0.05, 0) is 115 Å². The molecule has 3 saturated heterocycles. The molecule has 352 valence electrons. The van der Waals surface area contributed by atoms with E-state index in [0.29, 0.717) is 12.1 Å². The number of rotatable bonds is 10. The van der Waals surface area contributed by atoms with E-state index in [1.807, 2.05) is 74.4 Å². The van der Waals surface area contributed by atoms with E-state index in [1.165, 1.54) is 6.92 Å². The fourth-order valence-electron chi connectivity index (χ4n) is 9.37. The minimum absolute atomic E-state index is 0.0280. The number of nitrogens with zero attached hydrogens (tertiary/aromatic N) is 2. The van der Waals surface area contributed by atoms with Crippen LogP contribution < -0.4 is 0 Å². The molecule has 0 aromatic carbocycles. The molecule has 16 heteroatoms. The molecule has 0 saturated carbocycles. The van der Waals surface area contributed by atoms with Crippen molar-refractivity contribution in [2.45, 2.75) is 225 Å². The lowest BCUT2D eigenvalue weighted by molar-refractivity contribution is -0.316. The number of hydrogen-bond donors (Lipinski definition) is 4. The van der Waals surface area contributed by atoms with Crippen molar-refractivity contribution in [2.75, 3.05) is 21.2 Å². The number of carbonyl (C=O) groups excluding carboxylic acids is 1. The van der Waals surface area contributed by atoms with E-state index in [0.717, 1.165) is 0 Å². The Bertz CT molecular complexity index is 1420. The predicted molar refractivity (Wildman–Crippen MR) is 232 cm³/mol. The fourth-order valence-corrected chi connectivity index (χ4v) is 10.6. The van der Waals surface area contributed by atoms with Gasteiger partial charge in [0.15, 0.2) is 20.9 Å². The number of aliphatic hydroxyl groups is 4. The number of carbonyl (C=O) groups is 1. The smallest absolute Gasteiger partial charge is 0.311 e. The average Bonchev–Trinajstić information content (AvgIpc) is 3.11. The number of methoxy groups -OCH3 is 1. The van der Waals surface area contributed by atoms with Gasteiger partial charge in [0.05, 0.1) is 59.5 Å². The van der Waals surface area contributed by atoms with E-state index in [4.69, 9.17) is 37.7 Å². The van der Waals surface area contributed by atoms with Gasteiger partial charge in [-0.2, -0.15) is 0 Å². The second-order valence-corrected chi connectivity index (χ2v) is 25.5. The highest BCUT2D eigenvalue weighted by molar-refractivity contribution is 6.69. The maximum atomic E-state index is 14.5. The summed E-state index contributed by atoms with van der Waals surface area (Å²) >= 11 is 0. The van der Waals surface area contributed by atoms with Crippen LogP contribution in [-0.4, -0.2) is 156 Å². The summed E-state index contributed by atoms with van der Waals surface area (Å²) in [5, 5.41) is 53.2. The average molecular weight is 877 g/mol. The molecule has 0 unspecified atom stereocenters. The molecule has 15 nitrogen and oxygen atoms in total. The molecule has 0 aromatic rings. The summed E-state index contributed by atoms with van der Waals surface area (Å²) in [5.41, 5.74) is -4.78. The van der Waals surface area contributed by atoms with Gasteiger partial charge < -0.3 is 63.0 Å². The Kier molecular flexibility index (Phi) is 17.9. The van der Waals surface area contributed by atoms with Crippen molar-refractivity contribution in [1.82, 2.24) is 4.90 Å². The molecule has 0 spiro atoms. The number of ether oxygens (including phenoxy) is 6. The van der Waals surface area contributed by atoms with E-state index in [-0.39, 0.29) is 31.4 Å². The third kappa shape index (κ3) is 12.9. The van der Waals surface area contributed by atoms with Gasteiger partial charge in [-0.1, -0.05) is 32.9 Å². The van der Waals surface area contributed by atoms with Crippen LogP contribution in [0.15, 0.2) is 5.16 Å². The van der Waals surface area contributed by atoms with Gasteiger partial charge in [0.1, 0.15) is 23.4 Å². The summed E-state index contributed by atoms with van der Waals surface area (Å²) in [4.78, 5) is 22.4. The van der Waals surface area contributed by atoms with Crippen LogP contribution in [0.2, 0.25) is 19.6 Å². The first-order valence-electron chi connectivity index (χ1n) is 22.1. The topological polar surface area (TPSA) is 187 Å². The Hall–Kier alpha value is -1.28. The van der Waals surface area contributed by atoms with Gasteiger partial charge in [0.25, 0.3) is 0 Å². The molecule has 3 aliphatic heterocycles. The maximum Gasteiger partial charge on any atom is 0.311 e. The molecule has 3 rings (SSSR count). The number of aliphatic hydroxyl groups excluding tert-OH is 2. The molecule has 0 bridgehead atoms. The Morgan fingerprint density at radius 3 is 2.03 bits per heavy atom. The maximum absolute atomic E-state index is 14.5. The summed E-state index contributed by atoms with van der Waals surface area (Å²) in [5.74, 6) is -3.87. The Labute approximate surface area is 362 Å². The van der Waals surface area contributed by atoms with Crippen LogP contribution in [0.25, 0.3) is 0 Å². The minimum atomic E-state index is -2.05. The zero-order valence-corrected chi connectivity index (χ0v) is 41.3. The second-order valence-electron chi connectivity index (χ2n) is 21.0. The largest absolute Gasteiger partial charge is 0.459 e. The highest BCUT2D eigenvalue weighted by Crippen LogP contribution is 2.42. The molecule has 0 aliphatic carbocycles. The van der Waals surface area contributed by atoms with Crippen LogP contribution in [0.5, 0.6) is 0 Å². The number of hydrogen-bond acceptors (Lipinski definition) is 15. The number of esters is 1. The molecular formula is C44H84N2O13Si. The molecule has 60 heavy (non-hydrogen) atoms. The SMILES string of the molecule is CC[C@H]1OC(=O)[C@H](C)[C@@H](O[C@H]2C[C@@](C)(OC)[C@@H](O[Si](C)(C)C)[C@H](C)O2)[C@H](C)[C@@H](O[C@@H]2O[C@H](C)C[C@H](N(C)C)[C@H]2O)[C@](C)(O)C[C@@H](C)/C(=N\OC(C)(C)C)[C@H](C)[C@@H](O)[C@]1(C)O. The fraction of sp³-hybridized carbons (Fsp3) is 0.955. The minimum Gasteiger partial charge on any atom is -0.459 e. The van der Waals surface area contributed by atoms with E-state index < -0.39 is 116 Å². The van der Waals surface area contributed by atoms with Gasteiger partial charge in [0, 0.05) is 37.3 Å². The van der Waals surface area contributed by atoms with E-state index >= 15 is 0 Å². The number of oxime groups is 1. The van der Waals surface area contributed by atoms with Crippen molar-refractivity contribution in [2.24, 2.45) is 28.8 Å². The van der Waals surface area contributed by atoms with Crippen molar-refractivity contribution in [3.63, 3.8) is 0 Å². The van der Waals surface area contributed by atoms with Gasteiger partial charge in [-0.15, -0.1) is 0 Å². The Balaban J connectivity index is 2.27. The van der Waals surface area contributed by atoms with E-state index in [2.05, 4.69) is 24.8 Å². The molecule has 0 aromatic heterocycles. The quantitative estimate of drug-likeness (QED) is 0.127. The first-order valence-corrected chi connectivity index (χ1v) is 25.5. The van der Waals surface area contributed by atoms with E-state index in [1.54, 1.807) is 34.8 Å². The lowest BCUT2D eigenvalue weighted by Gasteiger charge is -2.50. The molecule has 3 aliphatic rings. The summed E-state index contributed by atoms with van der Waals surface area (Å²) in [6.45, 7) is 29.6. The third-order valence-electron chi connectivity index (χ3n) is 12.7. The number of likely N-dealkylation sites (N-methyl/N-ethyl adjacent to an activating group) is 1. The summed E-state index contributed by atoms with van der Waals surface area (Å²) < 4.78 is 45.5. The number of cyclic esters (lactones) is 1. The van der Waals surface area contributed by atoms with Gasteiger partial charge >= 0.3 is 5.97 Å². The molecule has 18 atom stereocenters. The first-order chi connectivity index (χ1) is 27.3. The predicted octanol–water partition coefficient (Wildman–Crippen LogP) is 5.25. The molecule has 3 heterocycles. The normalized spacial score (nSPS) is 45.3. The lowest BCUT2D eigenvalue weighted by atomic mass is 9.73. The highest BCUT2D eigenvalue weighted by Gasteiger charge is 2.54. The highest BCUT2D eigenvalue weighted by atomic mass is 28.4. The van der Waals surface area contributed by atoms with Crippen LogP contribution in [0, 0.1) is 23.7 Å². The van der Waals surface area contributed by atoms with E-state index in [9.17, 15) is 25.2 Å². The Morgan fingerprint density at radius 2 is 1.52 bits per heavy atom. The van der Waals surface area contributed by atoms with Gasteiger partial charge in [-0.3, -0.25) is 4.79 Å². The van der Waals surface area contributed by atoms with Crippen LogP contribution in [0.4, 0.5) is 0 Å².